The van der Waals surface area contributed by atoms with Gasteiger partial charge in [-0.25, -0.2) is 9.97 Å². The number of rotatable bonds is 3. The van der Waals surface area contributed by atoms with Gasteiger partial charge < -0.3 is 5.32 Å². The normalized spacial score (nSPS) is 12.1. The van der Waals surface area contributed by atoms with E-state index in [0.717, 1.165) is 5.01 Å². The van der Waals surface area contributed by atoms with E-state index in [9.17, 15) is 4.79 Å². The molecule has 17 heavy (non-hydrogen) atoms. The lowest BCUT2D eigenvalue weighted by molar-refractivity contribution is 0.0935. The molecule has 1 atom stereocenters. The first-order valence-electron chi connectivity index (χ1n) is 4.99. The molecule has 2 rings (SSSR count). The molecule has 0 spiro atoms. The van der Waals surface area contributed by atoms with Gasteiger partial charge in [0.1, 0.15) is 15.9 Å². The molecule has 0 aliphatic heterocycles. The highest BCUT2D eigenvalue weighted by atomic mass is 35.5. The standard InChI is InChI=1S/C11H10ClN3OS/c1-7(11-13-5-6-17-11)14-10(16)8-3-2-4-9(12)15-8/h2-7H,1H3,(H,14,16). The van der Waals surface area contributed by atoms with Crippen molar-refractivity contribution in [3.8, 4) is 0 Å². The lowest BCUT2D eigenvalue weighted by Gasteiger charge is -2.10. The van der Waals surface area contributed by atoms with Crippen molar-refractivity contribution in [2.24, 2.45) is 0 Å². The fourth-order valence-electron chi connectivity index (χ4n) is 1.32. The van der Waals surface area contributed by atoms with E-state index in [1.54, 1.807) is 24.4 Å². The number of pyridine rings is 1. The minimum absolute atomic E-state index is 0.136. The lowest BCUT2D eigenvalue weighted by Crippen LogP contribution is -2.27. The number of aromatic nitrogens is 2. The summed E-state index contributed by atoms with van der Waals surface area (Å²) >= 11 is 7.22. The van der Waals surface area contributed by atoms with Crippen LogP contribution >= 0.6 is 22.9 Å². The second kappa shape index (κ2) is 5.25. The van der Waals surface area contributed by atoms with Crippen LogP contribution in [0.4, 0.5) is 0 Å². The minimum atomic E-state index is -0.254. The predicted octanol–water partition coefficient (Wildman–Crippen LogP) is 2.68. The third-order valence-corrected chi connectivity index (χ3v) is 3.29. The Labute approximate surface area is 108 Å². The van der Waals surface area contributed by atoms with Gasteiger partial charge in [-0.1, -0.05) is 17.7 Å². The SMILES string of the molecule is CC(NC(=O)c1cccc(Cl)n1)c1nccs1. The molecule has 0 saturated carbocycles. The smallest absolute Gasteiger partial charge is 0.270 e. The molecule has 0 radical (unpaired) electrons. The summed E-state index contributed by atoms with van der Waals surface area (Å²) in [6.07, 6.45) is 1.71. The zero-order valence-electron chi connectivity index (χ0n) is 9.05. The molecule has 0 aliphatic rings. The third-order valence-electron chi connectivity index (χ3n) is 2.12. The summed E-state index contributed by atoms with van der Waals surface area (Å²) in [7, 11) is 0. The van der Waals surface area contributed by atoms with Crippen LogP contribution in [-0.2, 0) is 0 Å². The summed E-state index contributed by atoms with van der Waals surface area (Å²) in [6.45, 7) is 1.88. The lowest BCUT2D eigenvalue weighted by atomic mass is 10.3. The molecule has 1 unspecified atom stereocenters. The summed E-state index contributed by atoms with van der Waals surface area (Å²) in [6, 6.07) is 4.81. The van der Waals surface area contributed by atoms with Gasteiger partial charge in [-0.2, -0.15) is 0 Å². The van der Waals surface area contributed by atoms with Crippen LogP contribution < -0.4 is 5.32 Å². The second-order valence-corrected chi connectivity index (χ2v) is 4.72. The van der Waals surface area contributed by atoms with E-state index in [0.29, 0.717) is 10.8 Å². The average molecular weight is 268 g/mol. The first-order valence-corrected chi connectivity index (χ1v) is 6.25. The van der Waals surface area contributed by atoms with Crippen molar-refractivity contribution in [2.75, 3.05) is 0 Å². The second-order valence-electron chi connectivity index (χ2n) is 3.41. The van der Waals surface area contributed by atoms with E-state index in [1.165, 1.54) is 11.3 Å². The van der Waals surface area contributed by atoms with Crippen molar-refractivity contribution in [2.45, 2.75) is 13.0 Å². The van der Waals surface area contributed by atoms with Crippen LogP contribution in [0.5, 0.6) is 0 Å². The summed E-state index contributed by atoms with van der Waals surface area (Å²) in [5.41, 5.74) is 0.306. The zero-order chi connectivity index (χ0) is 12.3. The van der Waals surface area contributed by atoms with E-state index in [1.807, 2.05) is 12.3 Å². The summed E-state index contributed by atoms with van der Waals surface area (Å²) in [4.78, 5) is 19.9. The van der Waals surface area contributed by atoms with Gasteiger partial charge in [-0.3, -0.25) is 4.79 Å². The molecule has 1 N–H and O–H groups in total. The topological polar surface area (TPSA) is 54.9 Å². The molecule has 0 bridgehead atoms. The number of carbonyl (C=O) groups is 1. The maximum atomic E-state index is 11.8. The van der Waals surface area contributed by atoms with E-state index in [4.69, 9.17) is 11.6 Å². The zero-order valence-corrected chi connectivity index (χ0v) is 10.6. The highest BCUT2D eigenvalue weighted by molar-refractivity contribution is 7.09. The van der Waals surface area contributed by atoms with Crippen molar-refractivity contribution < 1.29 is 4.79 Å². The van der Waals surface area contributed by atoms with Gasteiger partial charge in [0, 0.05) is 11.6 Å². The van der Waals surface area contributed by atoms with Crippen LogP contribution in [0.2, 0.25) is 5.15 Å². The Bertz CT molecular complexity index is 515. The van der Waals surface area contributed by atoms with Crippen molar-refractivity contribution in [1.82, 2.24) is 15.3 Å². The molecular formula is C11H10ClN3OS. The monoisotopic (exact) mass is 267 g/mol. The van der Waals surface area contributed by atoms with Gasteiger partial charge in [0.05, 0.1) is 6.04 Å². The maximum Gasteiger partial charge on any atom is 0.270 e. The molecule has 4 nitrogen and oxygen atoms in total. The highest BCUT2D eigenvalue weighted by Crippen LogP contribution is 2.15. The summed E-state index contributed by atoms with van der Waals surface area (Å²) < 4.78 is 0. The minimum Gasteiger partial charge on any atom is -0.342 e. The van der Waals surface area contributed by atoms with Gasteiger partial charge in [0.25, 0.3) is 5.91 Å². The number of carbonyl (C=O) groups excluding carboxylic acids is 1. The first kappa shape index (κ1) is 12.0. The van der Waals surface area contributed by atoms with Crippen molar-refractivity contribution >= 4 is 28.8 Å². The van der Waals surface area contributed by atoms with E-state index < -0.39 is 0 Å². The van der Waals surface area contributed by atoms with Crippen LogP contribution in [0.3, 0.4) is 0 Å². The van der Waals surface area contributed by atoms with Gasteiger partial charge in [0.2, 0.25) is 0 Å². The fraction of sp³-hybridized carbons (Fsp3) is 0.182. The van der Waals surface area contributed by atoms with Crippen LogP contribution in [-0.4, -0.2) is 15.9 Å². The van der Waals surface area contributed by atoms with Gasteiger partial charge in [0.15, 0.2) is 0 Å². The van der Waals surface area contributed by atoms with Crippen molar-refractivity contribution in [1.29, 1.82) is 0 Å². The van der Waals surface area contributed by atoms with E-state index in [-0.39, 0.29) is 11.9 Å². The quantitative estimate of drug-likeness (QED) is 0.870. The number of nitrogens with one attached hydrogen (secondary N) is 1. The first-order chi connectivity index (χ1) is 8.16. The Balaban J connectivity index is 2.07. The maximum absolute atomic E-state index is 11.8. The van der Waals surface area contributed by atoms with Crippen molar-refractivity contribution in [3.63, 3.8) is 0 Å². The molecule has 2 aromatic rings. The molecule has 0 saturated heterocycles. The number of hydrogen-bond donors (Lipinski definition) is 1. The molecule has 0 aromatic carbocycles. The Kier molecular flexibility index (Phi) is 3.71. The Morgan fingerprint density at radius 2 is 2.35 bits per heavy atom. The number of halogens is 1. The molecule has 0 fully saturated rings. The largest absolute Gasteiger partial charge is 0.342 e. The predicted molar refractivity (Wildman–Crippen MR) is 67.2 cm³/mol. The number of hydrogen-bond acceptors (Lipinski definition) is 4. The molecular weight excluding hydrogens is 258 g/mol. The van der Waals surface area contributed by atoms with Crippen LogP contribution in [0.15, 0.2) is 29.8 Å². The van der Waals surface area contributed by atoms with Crippen molar-refractivity contribution in [3.05, 3.63) is 45.6 Å². The van der Waals surface area contributed by atoms with Gasteiger partial charge in [-0.05, 0) is 19.1 Å². The van der Waals surface area contributed by atoms with Gasteiger partial charge in [-0.15, -0.1) is 11.3 Å². The molecule has 6 heteroatoms. The summed E-state index contributed by atoms with van der Waals surface area (Å²) in [5, 5.41) is 5.85. The number of thiazole rings is 1. The van der Waals surface area contributed by atoms with Crippen LogP contribution in [0, 0.1) is 0 Å². The fourth-order valence-corrected chi connectivity index (χ4v) is 2.13. The molecule has 88 valence electrons. The van der Waals surface area contributed by atoms with E-state index >= 15 is 0 Å². The van der Waals surface area contributed by atoms with Crippen LogP contribution in [0.25, 0.3) is 0 Å². The molecule has 0 aliphatic carbocycles. The van der Waals surface area contributed by atoms with E-state index in [2.05, 4.69) is 15.3 Å². The Hall–Kier alpha value is -1.46. The molecule has 2 aromatic heterocycles. The highest BCUT2D eigenvalue weighted by Gasteiger charge is 2.14. The van der Waals surface area contributed by atoms with Crippen LogP contribution in [0.1, 0.15) is 28.5 Å². The Morgan fingerprint density at radius 1 is 1.53 bits per heavy atom. The number of nitrogens with zero attached hydrogens (tertiary/aromatic N) is 2. The number of amides is 1. The average Bonchev–Trinajstić information content (AvgIpc) is 2.82. The molecule has 1 amide bonds. The van der Waals surface area contributed by atoms with Gasteiger partial charge >= 0.3 is 0 Å². The summed E-state index contributed by atoms with van der Waals surface area (Å²) in [5.74, 6) is -0.254. The molecule has 2 heterocycles. The third kappa shape index (κ3) is 3.01. The Morgan fingerprint density at radius 3 is 3.00 bits per heavy atom.